The van der Waals surface area contributed by atoms with Gasteiger partial charge in [-0.15, -0.1) is 19.7 Å². The van der Waals surface area contributed by atoms with Crippen LogP contribution in [0, 0.1) is 10.1 Å². The van der Waals surface area contributed by atoms with Crippen molar-refractivity contribution in [2.24, 2.45) is 20.5 Å². The van der Waals surface area contributed by atoms with Crippen molar-refractivity contribution in [2.45, 2.75) is 16.7 Å². The summed E-state index contributed by atoms with van der Waals surface area (Å²) < 4.78 is 37.4. The number of carbonyl (C=O) groups excluding carboxylic acids is 1. The first-order valence-corrected chi connectivity index (χ1v) is 12.7. The third kappa shape index (κ3) is 8.07. The number of nitro benzene ring substituents is 1. The highest BCUT2D eigenvalue weighted by Crippen LogP contribution is 2.37. The fourth-order valence-electron chi connectivity index (χ4n) is 2.96. The van der Waals surface area contributed by atoms with Gasteiger partial charge >= 0.3 is 0 Å². The number of amides is 1. The second kappa shape index (κ2) is 13.0. The van der Waals surface area contributed by atoms with Crippen LogP contribution in [-0.2, 0) is 24.3 Å². The number of carbonyl (C=O) groups is 1. The third-order valence-electron chi connectivity index (χ3n) is 4.66. The quantitative estimate of drug-likeness (QED) is 0.0508. The minimum atomic E-state index is -4.87. The maximum absolute atomic E-state index is 11.7. The van der Waals surface area contributed by atoms with E-state index in [1.54, 1.807) is 25.2 Å². The highest BCUT2D eigenvalue weighted by molar-refractivity contribution is 7.94. The number of anilines is 2. The number of nitro groups is 1. The summed E-state index contributed by atoms with van der Waals surface area (Å²) >= 11 is 0.501. The summed E-state index contributed by atoms with van der Waals surface area (Å²) in [6.07, 6.45) is 0. The van der Waals surface area contributed by atoms with Gasteiger partial charge in [-0.25, -0.2) is 5.26 Å². The van der Waals surface area contributed by atoms with Crippen molar-refractivity contribution >= 4 is 67.9 Å². The monoisotopic (exact) mass is 577 g/mol. The van der Waals surface area contributed by atoms with Gasteiger partial charge in [0.25, 0.3) is 15.8 Å². The summed E-state index contributed by atoms with van der Waals surface area (Å²) in [4.78, 5) is 21.0. The Morgan fingerprint density at radius 2 is 1.67 bits per heavy atom. The van der Waals surface area contributed by atoms with E-state index >= 15 is 0 Å². The van der Waals surface area contributed by atoms with Crippen LogP contribution < -0.4 is 10.6 Å². The predicted molar refractivity (Wildman–Crippen MR) is 139 cm³/mol. The number of azo groups is 2. The lowest BCUT2D eigenvalue weighted by Crippen LogP contribution is -2.06. The Hall–Kier alpha value is -4.33. The molecule has 0 spiro atoms. The first-order chi connectivity index (χ1) is 18.5. The van der Waals surface area contributed by atoms with Crippen LogP contribution >= 0.6 is 12.0 Å². The van der Waals surface area contributed by atoms with E-state index in [-0.39, 0.29) is 27.9 Å². The van der Waals surface area contributed by atoms with Crippen LogP contribution in [0.5, 0.6) is 0 Å². The topological polar surface area (TPSA) is 227 Å². The van der Waals surface area contributed by atoms with Crippen molar-refractivity contribution in [3.63, 3.8) is 0 Å². The van der Waals surface area contributed by atoms with Crippen molar-refractivity contribution in [1.82, 2.24) is 0 Å². The first kappa shape index (κ1) is 29.2. The largest absolute Gasteiger partial charge is 0.388 e. The van der Waals surface area contributed by atoms with Crippen molar-refractivity contribution in [1.29, 1.82) is 0 Å². The number of non-ortho nitro benzene ring substituents is 1. The maximum atomic E-state index is 11.7. The van der Waals surface area contributed by atoms with E-state index < -0.39 is 25.6 Å². The van der Waals surface area contributed by atoms with Gasteiger partial charge in [-0.05, 0) is 42.5 Å². The molecule has 0 aliphatic heterocycles. The van der Waals surface area contributed by atoms with Crippen molar-refractivity contribution in [3.05, 3.63) is 64.7 Å². The molecule has 0 saturated heterocycles. The molecule has 0 heterocycles. The SMILES string of the molecule is CNc1ccc(N=Nc2ccc(N=Nc3ccc([N+](=O)[O-])cc3S(=O)(=O)O)c(SOOO)c2)c(NC(C)=O)c1. The maximum Gasteiger partial charge on any atom is 0.297 e. The highest BCUT2D eigenvalue weighted by Gasteiger charge is 2.20. The molecule has 39 heavy (non-hydrogen) atoms. The number of nitrogens with zero attached hydrogens (tertiary/aromatic N) is 5. The van der Waals surface area contributed by atoms with Gasteiger partial charge in [0.05, 0.1) is 33.2 Å². The molecule has 0 aliphatic rings. The Balaban J connectivity index is 1.97. The molecule has 16 nitrogen and oxygen atoms in total. The number of hydrogen-bond donors (Lipinski definition) is 4. The fourth-order valence-corrected chi connectivity index (χ4v) is 4.07. The average Bonchev–Trinajstić information content (AvgIpc) is 2.89. The van der Waals surface area contributed by atoms with Gasteiger partial charge in [0.1, 0.15) is 22.0 Å². The molecule has 3 rings (SSSR count). The third-order valence-corrected chi connectivity index (χ3v) is 6.18. The van der Waals surface area contributed by atoms with E-state index in [0.717, 1.165) is 17.8 Å². The highest BCUT2D eigenvalue weighted by atomic mass is 32.2. The zero-order chi connectivity index (χ0) is 28.6. The molecule has 3 aromatic carbocycles. The van der Waals surface area contributed by atoms with E-state index in [0.29, 0.717) is 29.5 Å². The molecular weight excluding hydrogens is 558 g/mol. The lowest BCUT2D eigenvalue weighted by Gasteiger charge is -2.08. The summed E-state index contributed by atoms with van der Waals surface area (Å²) in [5.74, 6) is -0.306. The molecular formula is C21H19N7O9S2. The molecule has 0 aromatic heterocycles. The Morgan fingerprint density at radius 3 is 2.31 bits per heavy atom. The minimum Gasteiger partial charge on any atom is -0.388 e. The molecule has 204 valence electrons. The summed E-state index contributed by atoms with van der Waals surface area (Å²) in [6.45, 7) is 1.35. The van der Waals surface area contributed by atoms with Crippen molar-refractivity contribution in [2.75, 3.05) is 17.7 Å². The van der Waals surface area contributed by atoms with Crippen LogP contribution in [-0.4, -0.2) is 36.1 Å². The summed E-state index contributed by atoms with van der Waals surface area (Å²) in [7, 11) is -3.16. The molecule has 0 radical (unpaired) electrons. The second-order valence-corrected chi connectivity index (χ2v) is 9.46. The molecule has 3 aromatic rings. The molecule has 18 heteroatoms. The Bertz CT molecular complexity index is 1560. The molecule has 0 aliphatic carbocycles. The smallest absolute Gasteiger partial charge is 0.297 e. The molecule has 0 saturated carbocycles. The summed E-state index contributed by atoms with van der Waals surface area (Å²) in [6, 6.07) is 12.0. The van der Waals surface area contributed by atoms with E-state index in [1.807, 2.05) is 0 Å². The second-order valence-electron chi connectivity index (χ2n) is 7.33. The van der Waals surface area contributed by atoms with Crippen LogP contribution in [0.25, 0.3) is 0 Å². The number of benzene rings is 3. The molecule has 1 amide bonds. The van der Waals surface area contributed by atoms with E-state index in [2.05, 4.69) is 40.5 Å². The zero-order valence-corrected chi connectivity index (χ0v) is 21.6. The number of nitrogens with one attached hydrogen (secondary N) is 2. The average molecular weight is 578 g/mol. The van der Waals surface area contributed by atoms with E-state index in [4.69, 9.17) is 5.26 Å². The van der Waals surface area contributed by atoms with Crippen molar-refractivity contribution < 1.29 is 37.3 Å². The van der Waals surface area contributed by atoms with Crippen molar-refractivity contribution in [3.8, 4) is 0 Å². The lowest BCUT2D eigenvalue weighted by atomic mass is 10.2. The van der Waals surface area contributed by atoms with Crippen LogP contribution in [0.1, 0.15) is 6.92 Å². The summed E-state index contributed by atoms with van der Waals surface area (Å²) in [5.41, 5.74) is 0.894. The van der Waals surface area contributed by atoms with Gasteiger partial charge < -0.3 is 10.6 Å². The molecule has 0 unspecified atom stereocenters. The van der Waals surface area contributed by atoms with Gasteiger partial charge in [0, 0.05) is 31.8 Å². The van der Waals surface area contributed by atoms with Crippen LogP contribution in [0.4, 0.5) is 39.8 Å². The Morgan fingerprint density at radius 1 is 1.00 bits per heavy atom. The number of hydrogen-bond acceptors (Lipinski definition) is 14. The van der Waals surface area contributed by atoms with Gasteiger partial charge in [0.2, 0.25) is 5.91 Å². The lowest BCUT2D eigenvalue weighted by molar-refractivity contribution is -0.432. The normalized spacial score (nSPS) is 11.7. The minimum absolute atomic E-state index is 0.0768. The van der Waals surface area contributed by atoms with Gasteiger partial charge in [-0.3, -0.25) is 19.5 Å². The Kier molecular flexibility index (Phi) is 9.71. The zero-order valence-electron chi connectivity index (χ0n) is 20.0. The molecule has 4 N–H and O–H groups in total. The van der Waals surface area contributed by atoms with Gasteiger partial charge in [0.15, 0.2) is 0 Å². The van der Waals surface area contributed by atoms with Crippen LogP contribution in [0.15, 0.2) is 84.8 Å². The number of rotatable bonds is 11. The van der Waals surface area contributed by atoms with E-state index in [9.17, 15) is 27.9 Å². The Labute approximate surface area is 224 Å². The first-order valence-electron chi connectivity index (χ1n) is 10.5. The van der Waals surface area contributed by atoms with Crippen LogP contribution in [0.2, 0.25) is 0 Å². The van der Waals surface area contributed by atoms with E-state index in [1.165, 1.54) is 25.1 Å². The standard InChI is InChI=1S/C21H19N7O9S2/c1-12(29)23-19-9-13(22-2)3-6-16(19)25-24-14-4-7-17(20(10-14)38-37-36-32)26-27-18-8-5-15(28(30)31)11-21(18)39(33,34)35/h3-11,22,32H,1-2H3,(H,23,29)(H,33,34,35). The van der Waals surface area contributed by atoms with Gasteiger partial charge in [-0.2, -0.15) is 13.5 Å². The predicted octanol–water partition coefficient (Wildman–Crippen LogP) is 6.10. The van der Waals surface area contributed by atoms with Gasteiger partial charge in [-0.1, -0.05) is 5.04 Å². The summed E-state index contributed by atoms with van der Waals surface area (Å²) in [5, 5.41) is 44.8. The molecule has 0 atom stereocenters. The van der Waals surface area contributed by atoms with Crippen LogP contribution in [0.3, 0.4) is 0 Å². The molecule has 0 bridgehead atoms. The fraction of sp³-hybridized carbons (Fsp3) is 0.0952. The molecule has 0 fully saturated rings.